The van der Waals surface area contributed by atoms with Gasteiger partial charge in [0.1, 0.15) is 22.9 Å². The standard InChI is InChI=1S/C18H17BFN3O5/c1-3-27-18(24)23(15-7-5-4-6-13(15)20)16-11(2)22-28-17(16)14-9-8-12(10-21-14)19(25)26/h4-10,25-26H,3H2,1-2H3. The topological polar surface area (TPSA) is 109 Å². The summed E-state index contributed by atoms with van der Waals surface area (Å²) in [5, 5.41) is 22.3. The zero-order valence-corrected chi connectivity index (χ0v) is 15.2. The van der Waals surface area contributed by atoms with E-state index in [-0.39, 0.29) is 34.9 Å². The van der Waals surface area contributed by atoms with Crippen molar-refractivity contribution in [3.05, 3.63) is 54.1 Å². The second-order valence-electron chi connectivity index (χ2n) is 5.78. The van der Waals surface area contributed by atoms with Gasteiger partial charge in [0.2, 0.25) is 5.76 Å². The lowest BCUT2D eigenvalue weighted by Crippen LogP contribution is -2.30. The summed E-state index contributed by atoms with van der Waals surface area (Å²) in [6.07, 6.45) is 0.446. The summed E-state index contributed by atoms with van der Waals surface area (Å²) >= 11 is 0. The largest absolute Gasteiger partial charge is 0.490 e. The van der Waals surface area contributed by atoms with Crippen LogP contribution in [0.4, 0.5) is 20.6 Å². The van der Waals surface area contributed by atoms with Gasteiger partial charge in [-0.25, -0.2) is 14.1 Å². The number of anilines is 2. The van der Waals surface area contributed by atoms with E-state index in [2.05, 4.69) is 10.1 Å². The molecule has 0 aliphatic heterocycles. The summed E-state index contributed by atoms with van der Waals surface area (Å²) in [4.78, 5) is 17.8. The first kappa shape index (κ1) is 19.5. The van der Waals surface area contributed by atoms with Gasteiger partial charge in [0.05, 0.1) is 12.3 Å². The van der Waals surface area contributed by atoms with Crippen LogP contribution in [0.25, 0.3) is 11.5 Å². The van der Waals surface area contributed by atoms with E-state index in [1.807, 2.05) is 0 Å². The number of carbonyl (C=O) groups excluding carboxylic acids is 1. The summed E-state index contributed by atoms with van der Waals surface area (Å²) in [6, 6.07) is 8.66. The zero-order valence-electron chi connectivity index (χ0n) is 15.2. The molecule has 10 heteroatoms. The number of hydrogen-bond donors (Lipinski definition) is 2. The van der Waals surface area contributed by atoms with Crippen LogP contribution >= 0.6 is 0 Å². The third kappa shape index (κ3) is 3.73. The molecule has 0 spiro atoms. The first-order valence-corrected chi connectivity index (χ1v) is 8.44. The Balaban J connectivity index is 2.15. The molecule has 3 rings (SSSR count). The lowest BCUT2D eigenvalue weighted by molar-refractivity contribution is 0.162. The smallest absolute Gasteiger partial charge is 0.449 e. The van der Waals surface area contributed by atoms with Gasteiger partial charge in [0.25, 0.3) is 0 Å². The molecule has 0 saturated carbocycles. The number of benzene rings is 1. The molecular weight excluding hydrogens is 368 g/mol. The van der Waals surface area contributed by atoms with Crippen LogP contribution in [-0.2, 0) is 4.74 Å². The molecule has 0 aliphatic carbocycles. The van der Waals surface area contributed by atoms with Crippen molar-refractivity contribution in [2.75, 3.05) is 11.5 Å². The van der Waals surface area contributed by atoms with Crippen molar-refractivity contribution in [3.63, 3.8) is 0 Å². The van der Waals surface area contributed by atoms with E-state index in [1.165, 1.54) is 36.5 Å². The highest BCUT2D eigenvalue weighted by molar-refractivity contribution is 6.58. The van der Waals surface area contributed by atoms with Crippen molar-refractivity contribution >= 4 is 30.0 Å². The van der Waals surface area contributed by atoms with E-state index in [9.17, 15) is 19.2 Å². The molecule has 0 aliphatic rings. The fourth-order valence-corrected chi connectivity index (χ4v) is 2.62. The highest BCUT2D eigenvalue weighted by Gasteiger charge is 2.31. The summed E-state index contributed by atoms with van der Waals surface area (Å²) < 4.78 is 24.9. The number of halogens is 1. The van der Waals surface area contributed by atoms with Crippen LogP contribution in [-0.4, -0.2) is 40.0 Å². The molecule has 0 unspecified atom stereocenters. The predicted molar refractivity (Wildman–Crippen MR) is 99.9 cm³/mol. The highest BCUT2D eigenvalue weighted by Crippen LogP contribution is 2.38. The number of carbonyl (C=O) groups is 1. The Labute approximate surface area is 160 Å². The lowest BCUT2D eigenvalue weighted by atomic mass is 9.81. The van der Waals surface area contributed by atoms with E-state index in [0.717, 1.165) is 4.90 Å². The van der Waals surface area contributed by atoms with Crippen molar-refractivity contribution in [1.82, 2.24) is 10.1 Å². The maximum absolute atomic E-state index is 14.5. The van der Waals surface area contributed by atoms with Gasteiger partial charge in [-0.1, -0.05) is 23.4 Å². The van der Waals surface area contributed by atoms with Gasteiger partial charge in [-0.3, -0.25) is 4.98 Å². The number of pyridine rings is 1. The normalized spacial score (nSPS) is 10.6. The third-order valence-corrected chi connectivity index (χ3v) is 3.92. The molecule has 2 heterocycles. The first-order valence-electron chi connectivity index (χ1n) is 8.44. The Morgan fingerprint density at radius 3 is 2.64 bits per heavy atom. The van der Waals surface area contributed by atoms with Crippen molar-refractivity contribution in [3.8, 4) is 11.5 Å². The fourth-order valence-electron chi connectivity index (χ4n) is 2.62. The monoisotopic (exact) mass is 385 g/mol. The minimum Gasteiger partial charge on any atom is -0.449 e. The third-order valence-electron chi connectivity index (χ3n) is 3.92. The number of amides is 1. The molecule has 2 aromatic heterocycles. The van der Waals surface area contributed by atoms with E-state index >= 15 is 0 Å². The molecule has 1 aromatic carbocycles. The summed E-state index contributed by atoms with van der Waals surface area (Å²) in [5.74, 6) is -0.526. The molecule has 0 atom stereocenters. The number of aryl methyl sites for hydroxylation is 1. The minimum atomic E-state index is -1.67. The van der Waals surface area contributed by atoms with Crippen LogP contribution in [0.1, 0.15) is 12.6 Å². The molecule has 0 fully saturated rings. The van der Waals surface area contributed by atoms with Crippen molar-refractivity contribution in [2.45, 2.75) is 13.8 Å². The second-order valence-corrected chi connectivity index (χ2v) is 5.78. The number of aromatic nitrogens is 2. The number of nitrogens with zero attached hydrogens (tertiary/aromatic N) is 3. The fraction of sp³-hybridized carbons (Fsp3) is 0.167. The summed E-state index contributed by atoms with van der Waals surface area (Å²) in [5.41, 5.74) is 0.909. The van der Waals surface area contributed by atoms with Gasteiger partial charge in [0.15, 0.2) is 0 Å². The van der Waals surface area contributed by atoms with Gasteiger partial charge in [-0.05, 0) is 32.0 Å². The van der Waals surface area contributed by atoms with E-state index in [0.29, 0.717) is 5.69 Å². The molecular formula is C18H17BFN3O5. The summed E-state index contributed by atoms with van der Waals surface area (Å²) in [6.45, 7) is 3.32. The van der Waals surface area contributed by atoms with Crippen LogP contribution in [0.2, 0.25) is 0 Å². The molecule has 0 radical (unpaired) electrons. The van der Waals surface area contributed by atoms with Crippen LogP contribution in [0.15, 0.2) is 47.1 Å². The SMILES string of the molecule is CCOC(=O)N(c1ccccc1F)c1c(C)noc1-c1ccc(B(O)O)cn1. The quantitative estimate of drug-likeness (QED) is 0.648. The Bertz CT molecular complexity index is 978. The van der Waals surface area contributed by atoms with E-state index in [4.69, 9.17) is 9.26 Å². The zero-order chi connectivity index (χ0) is 20.3. The minimum absolute atomic E-state index is 0.0316. The second kappa shape index (κ2) is 8.20. The average molecular weight is 385 g/mol. The number of hydrogen-bond acceptors (Lipinski definition) is 7. The van der Waals surface area contributed by atoms with Crippen LogP contribution in [0.3, 0.4) is 0 Å². The molecule has 3 aromatic rings. The molecule has 0 bridgehead atoms. The first-order chi connectivity index (χ1) is 13.4. The van der Waals surface area contributed by atoms with Crippen LogP contribution in [0, 0.1) is 12.7 Å². The van der Waals surface area contributed by atoms with Gasteiger partial charge >= 0.3 is 13.2 Å². The van der Waals surface area contributed by atoms with Gasteiger partial charge in [0, 0.05) is 11.7 Å². The lowest BCUT2D eigenvalue weighted by Gasteiger charge is -2.22. The van der Waals surface area contributed by atoms with Crippen molar-refractivity contribution < 1.29 is 28.5 Å². The van der Waals surface area contributed by atoms with Crippen LogP contribution in [0.5, 0.6) is 0 Å². The van der Waals surface area contributed by atoms with E-state index < -0.39 is 19.0 Å². The highest BCUT2D eigenvalue weighted by atomic mass is 19.1. The summed E-state index contributed by atoms with van der Waals surface area (Å²) in [7, 11) is -1.67. The maximum atomic E-state index is 14.5. The molecule has 1 amide bonds. The molecule has 28 heavy (non-hydrogen) atoms. The Kier molecular flexibility index (Phi) is 5.71. The Morgan fingerprint density at radius 1 is 1.29 bits per heavy atom. The van der Waals surface area contributed by atoms with E-state index in [1.54, 1.807) is 19.9 Å². The molecule has 144 valence electrons. The van der Waals surface area contributed by atoms with Crippen molar-refractivity contribution in [1.29, 1.82) is 0 Å². The van der Waals surface area contributed by atoms with Crippen molar-refractivity contribution in [2.24, 2.45) is 0 Å². The molecule has 0 saturated heterocycles. The Morgan fingerprint density at radius 2 is 2.04 bits per heavy atom. The molecule has 2 N–H and O–H groups in total. The van der Waals surface area contributed by atoms with Gasteiger partial charge in [-0.2, -0.15) is 0 Å². The number of ether oxygens (including phenoxy) is 1. The van der Waals surface area contributed by atoms with Gasteiger partial charge < -0.3 is 19.3 Å². The number of rotatable bonds is 5. The maximum Gasteiger partial charge on any atom is 0.490 e. The average Bonchev–Trinajstić information content (AvgIpc) is 3.05. The number of para-hydroxylation sites is 1. The predicted octanol–water partition coefficient (Wildman–Crippen LogP) is 2.16. The Hall–Kier alpha value is -3.24. The van der Waals surface area contributed by atoms with Gasteiger partial charge in [-0.15, -0.1) is 0 Å². The molecule has 8 nitrogen and oxygen atoms in total. The van der Waals surface area contributed by atoms with Crippen LogP contribution < -0.4 is 10.4 Å².